The number of rotatable bonds is 12. The minimum atomic E-state index is -4.32. The van der Waals surface area contributed by atoms with E-state index in [1.807, 2.05) is 47.4 Å². The van der Waals surface area contributed by atoms with Crippen molar-refractivity contribution in [2.75, 3.05) is 25.2 Å². The second-order valence-electron chi connectivity index (χ2n) is 8.69. The van der Waals surface area contributed by atoms with E-state index in [1.54, 1.807) is 19.2 Å². The van der Waals surface area contributed by atoms with Crippen molar-refractivity contribution in [3.8, 4) is 12.1 Å². The largest absolute Gasteiger partial charge is 0.530 e. The third kappa shape index (κ3) is 7.10. The highest BCUT2D eigenvalue weighted by molar-refractivity contribution is 8.03. The maximum atomic E-state index is 14.6. The molecule has 0 spiro atoms. The molecule has 0 atom stereocenters. The molecule has 0 amide bonds. The molecule has 40 heavy (non-hydrogen) atoms. The normalized spacial score (nSPS) is 12.2. The predicted molar refractivity (Wildman–Crippen MR) is 149 cm³/mol. The van der Waals surface area contributed by atoms with Gasteiger partial charge in [0.25, 0.3) is 0 Å². The Bertz CT molecular complexity index is 1440. The van der Waals surface area contributed by atoms with Gasteiger partial charge in [-0.25, -0.2) is 13.3 Å². The van der Waals surface area contributed by atoms with Crippen LogP contribution in [0, 0.1) is 34.3 Å². The van der Waals surface area contributed by atoms with Gasteiger partial charge in [-0.15, -0.1) is 0 Å². The average Bonchev–Trinajstić information content (AvgIpc) is 2.94. The molecule has 206 valence electrons. The molecule has 1 aliphatic rings. The van der Waals surface area contributed by atoms with Gasteiger partial charge >= 0.3 is 7.82 Å². The van der Waals surface area contributed by atoms with Gasteiger partial charge in [0.15, 0.2) is 5.09 Å². The standard InChI is InChI=1S/C29H26F2N3O4PS/c1-34-26-13-11-21(30)19-24(26)28(25-20-22(31)12-14-27(25)34)29(40-23-9-3-2-4-10-23)38-39(35,36-17-7-5-15-32)37-18-8-6-16-33/h2-4,9-14,19-20H,5-8,17-18H2,1H3. The topological polar surface area (TPSA) is 95.6 Å². The molecule has 0 saturated heterocycles. The van der Waals surface area contributed by atoms with Crippen molar-refractivity contribution < 1.29 is 26.9 Å². The van der Waals surface area contributed by atoms with Gasteiger partial charge in [0.1, 0.15) is 11.6 Å². The number of unbranched alkanes of at least 4 members (excludes halogenated alkanes) is 2. The number of hydrogen-bond donors (Lipinski definition) is 0. The summed E-state index contributed by atoms with van der Waals surface area (Å²) >= 11 is 1.11. The molecule has 1 aliphatic heterocycles. The molecule has 0 unspecified atom stereocenters. The molecule has 0 saturated carbocycles. The minimum Gasteiger partial charge on any atom is -0.396 e. The molecule has 0 aliphatic carbocycles. The van der Waals surface area contributed by atoms with Crippen LogP contribution in [-0.4, -0.2) is 20.3 Å². The number of anilines is 2. The lowest BCUT2D eigenvalue weighted by molar-refractivity contribution is 0.139. The highest BCUT2D eigenvalue weighted by Gasteiger charge is 2.35. The second kappa shape index (κ2) is 13.6. The lowest BCUT2D eigenvalue weighted by atomic mass is 9.91. The van der Waals surface area contributed by atoms with Crippen molar-refractivity contribution in [1.82, 2.24) is 0 Å². The molecule has 4 rings (SSSR count). The molecular weight excluding hydrogens is 555 g/mol. The Morgan fingerprint density at radius 3 is 1.90 bits per heavy atom. The Balaban J connectivity index is 1.89. The second-order valence-corrected chi connectivity index (χ2v) is 11.3. The molecule has 0 N–H and O–H groups in total. The first kappa shape index (κ1) is 29.3. The van der Waals surface area contributed by atoms with Gasteiger partial charge in [0.05, 0.1) is 25.4 Å². The van der Waals surface area contributed by atoms with Crippen LogP contribution < -0.4 is 4.90 Å². The number of benzene rings is 3. The number of thioether (sulfide) groups is 1. The van der Waals surface area contributed by atoms with Gasteiger partial charge in [0, 0.05) is 52.9 Å². The smallest absolute Gasteiger partial charge is 0.396 e. The number of phosphoric acid groups is 1. The Morgan fingerprint density at radius 2 is 1.40 bits per heavy atom. The quantitative estimate of drug-likeness (QED) is 0.0912. The zero-order chi connectivity index (χ0) is 28.5. The van der Waals surface area contributed by atoms with Crippen molar-refractivity contribution in [3.63, 3.8) is 0 Å². The Morgan fingerprint density at radius 1 is 0.875 bits per heavy atom. The van der Waals surface area contributed by atoms with Crippen LogP contribution in [0.4, 0.5) is 20.2 Å². The van der Waals surface area contributed by atoms with E-state index in [4.69, 9.17) is 24.1 Å². The summed E-state index contributed by atoms with van der Waals surface area (Å²) < 4.78 is 60.5. The summed E-state index contributed by atoms with van der Waals surface area (Å²) in [6, 6.07) is 21.6. The van der Waals surface area contributed by atoms with Gasteiger partial charge in [0.2, 0.25) is 0 Å². The first-order valence-corrected chi connectivity index (χ1v) is 14.8. The van der Waals surface area contributed by atoms with E-state index in [1.165, 1.54) is 24.3 Å². The van der Waals surface area contributed by atoms with E-state index >= 15 is 0 Å². The SMILES string of the molecule is CN1c2ccc(F)cc2C(=C(OP(=O)(OCCCC#N)OCCCC#N)Sc2ccccc2)c2cc(F)ccc21. The summed E-state index contributed by atoms with van der Waals surface area (Å²) in [5.41, 5.74) is 2.38. The molecule has 0 fully saturated rings. The van der Waals surface area contributed by atoms with Crippen LogP contribution in [0.2, 0.25) is 0 Å². The molecule has 1 heterocycles. The van der Waals surface area contributed by atoms with Crippen molar-refractivity contribution in [3.05, 3.63) is 94.6 Å². The van der Waals surface area contributed by atoms with Crippen molar-refractivity contribution in [1.29, 1.82) is 10.5 Å². The fourth-order valence-electron chi connectivity index (χ4n) is 4.05. The third-order valence-electron chi connectivity index (χ3n) is 5.90. The summed E-state index contributed by atoms with van der Waals surface area (Å²) in [5, 5.41) is 17.8. The van der Waals surface area contributed by atoms with Gasteiger partial charge in [-0.1, -0.05) is 30.0 Å². The van der Waals surface area contributed by atoms with Crippen LogP contribution in [-0.2, 0) is 18.1 Å². The predicted octanol–water partition coefficient (Wildman–Crippen LogP) is 8.32. The number of hydrogen-bond acceptors (Lipinski definition) is 8. The first-order chi connectivity index (χ1) is 19.3. The molecule has 7 nitrogen and oxygen atoms in total. The van der Waals surface area contributed by atoms with Crippen LogP contribution in [0.1, 0.15) is 36.8 Å². The van der Waals surface area contributed by atoms with E-state index in [2.05, 4.69) is 0 Å². The maximum absolute atomic E-state index is 14.6. The van der Waals surface area contributed by atoms with E-state index < -0.39 is 19.5 Å². The zero-order valence-electron chi connectivity index (χ0n) is 21.7. The lowest BCUT2D eigenvalue weighted by Crippen LogP contribution is -2.19. The summed E-state index contributed by atoms with van der Waals surface area (Å²) in [6.07, 6.45) is 0.922. The number of halogens is 2. The fourth-order valence-corrected chi connectivity index (χ4v) is 6.49. The van der Waals surface area contributed by atoms with E-state index in [-0.39, 0.29) is 44.0 Å². The average molecular weight is 582 g/mol. The van der Waals surface area contributed by atoms with Gasteiger partial charge in [-0.2, -0.15) is 10.5 Å². The highest BCUT2D eigenvalue weighted by atomic mass is 32.2. The number of nitriles is 2. The van der Waals surface area contributed by atoms with Crippen LogP contribution in [0.15, 0.2) is 76.7 Å². The summed E-state index contributed by atoms with van der Waals surface area (Å²) in [4.78, 5) is 2.52. The van der Waals surface area contributed by atoms with E-state index in [0.717, 1.165) is 11.8 Å². The van der Waals surface area contributed by atoms with Gasteiger partial charge in [-0.3, -0.25) is 9.05 Å². The van der Waals surface area contributed by atoms with Crippen molar-refractivity contribution in [2.45, 2.75) is 30.6 Å². The highest BCUT2D eigenvalue weighted by Crippen LogP contribution is 2.57. The third-order valence-corrected chi connectivity index (χ3v) is 8.40. The van der Waals surface area contributed by atoms with Crippen molar-refractivity contribution in [2.24, 2.45) is 0 Å². The number of fused-ring (bicyclic) bond motifs is 2. The van der Waals surface area contributed by atoms with Crippen molar-refractivity contribution >= 4 is 36.5 Å². The zero-order valence-corrected chi connectivity index (χ0v) is 23.4. The maximum Gasteiger partial charge on any atom is 0.530 e. The molecule has 3 aromatic carbocycles. The fraction of sp³-hybridized carbons (Fsp3) is 0.241. The summed E-state index contributed by atoms with van der Waals surface area (Å²) in [7, 11) is -2.53. The number of nitrogens with zero attached hydrogens (tertiary/aromatic N) is 3. The molecule has 0 radical (unpaired) electrons. The van der Waals surface area contributed by atoms with Crippen LogP contribution in [0.25, 0.3) is 5.57 Å². The first-order valence-electron chi connectivity index (χ1n) is 12.5. The van der Waals surface area contributed by atoms with Gasteiger partial charge < -0.3 is 9.42 Å². The molecule has 0 bridgehead atoms. The van der Waals surface area contributed by atoms with Crippen LogP contribution in [0.5, 0.6) is 0 Å². The molecule has 0 aromatic heterocycles. The van der Waals surface area contributed by atoms with Gasteiger partial charge in [-0.05, 0) is 61.4 Å². The Hall–Kier alpha value is -3.66. The minimum absolute atomic E-state index is 0.0573. The molecule has 3 aromatic rings. The summed E-state index contributed by atoms with van der Waals surface area (Å²) in [5.74, 6) is -1.03. The molecule has 11 heteroatoms. The van der Waals surface area contributed by atoms with Crippen LogP contribution >= 0.6 is 19.6 Å². The van der Waals surface area contributed by atoms with E-state index in [9.17, 15) is 13.3 Å². The monoisotopic (exact) mass is 581 g/mol. The van der Waals surface area contributed by atoms with Crippen LogP contribution in [0.3, 0.4) is 0 Å². The number of phosphoric ester groups is 1. The Labute approximate surface area is 236 Å². The van der Waals surface area contributed by atoms with E-state index in [0.29, 0.717) is 33.0 Å². The Kier molecular flexibility index (Phi) is 9.98. The lowest BCUT2D eigenvalue weighted by Gasteiger charge is -2.33. The molecular formula is C29H26F2N3O4PS. The summed E-state index contributed by atoms with van der Waals surface area (Å²) in [6.45, 7) is -0.165.